The summed E-state index contributed by atoms with van der Waals surface area (Å²) in [5.74, 6) is 2.21. The van der Waals surface area contributed by atoms with Crippen LogP contribution in [0.15, 0.2) is 45.8 Å². The van der Waals surface area contributed by atoms with Gasteiger partial charge >= 0.3 is 0 Å². The molecule has 0 aliphatic heterocycles. The molecule has 0 amide bonds. The highest BCUT2D eigenvalue weighted by atomic mass is 79.9. The second-order valence-corrected chi connectivity index (χ2v) is 8.44. The number of halogens is 1. The third kappa shape index (κ3) is 3.58. The summed E-state index contributed by atoms with van der Waals surface area (Å²) in [6, 6.07) is 6.52. The average molecular weight is 371 g/mol. The van der Waals surface area contributed by atoms with Crippen molar-refractivity contribution in [2.24, 2.45) is 17.8 Å². The molecule has 0 N–H and O–H groups in total. The number of benzene rings is 1. The van der Waals surface area contributed by atoms with Crippen LogP contribution in [0.5, 0.6) is 0 Å². The molecule has 3 atom stereocenters. The molecular weight excluding hydrogens is 352 g/mol. The van der Waals surface area contributed by atoms with Crippen molar-refractivity contribution < 1.29 is 12.6 Å². The Morgan fingerprint density at radius 3 is 2.52 bits per heavy atom. The summed E-state index contributed by atoms with van der Waals surface area (Å²) in [7, 11) is -3.62. The van der Waals surface area contributed by atoms with Crippen molar-refractivity contribution in [2.45, 2.75) is 30.6 Å². The van der Waals surface area contributed by atoms with Gasteiger partial charge in [-0.3, -0.25) is 4.18 Å². The van der Waals surface area contributed by atoms with E-state index in [-0.39, 0.29) is 11.5 Å². The lowest BCUT2D eigenvalue weighted by Gasteiger charge is -2.17. The Morgan fingerprint density at radius 2 is 1.90 bits per heavy atom. The van der Waals surface area contributed by atoms with Gasteiger partial charge in [-0.2, -0.15) is 8.42 Å². The van der Waals surface area contributed by atoms with E-state index in [1.807, 2.05) is 0 Å². The third-order valence-electron chi connectivity index (χ3n) is 4.48. The summed E-state index contributed by atoms with van der Waals surface area (Å²) in [4.78, 5) is 0.216. The molecule has 0 aromatic heterocycles. The summed E-state index contributed by atoms with van der Waals surface area (Å²) < 4.78 is 30.0. The van der Waals surface area contributed by atoms with E-state index in [4.69, 9.17) is 4.18 Å². The van der Waals surface area contributed by atoms with Gasteiger partial charge in [-0.15, -0.1) is 0 Å². The van der Waals surface area contributed by atoms with Crippen molar-refractivity contribution >= 4 is 26.0 Å². The van der Waals surface area contributed by atoms with Gasteiger partial charge < -0.3 is 0 Å². The Morgan fingerprint density at radius 1 is 1.14 bits per heavy atom. The molecule has 1 fully saturated rings. The summed E-state index contributed by atoms with van der Waals surface area (Å²) in [6.45, 7) is 0.274. The van der Waals surface area contributed by atoms with Gasteiger partial charge in [-0.05, 0) is 67.7 Å². The smallest absolute Gasteiger partial charge is 0.266 e. The van der Waals surface area contributed by atoms with Gasteiger partial charge in [0, 0.05) is 4.47 Å². The van der Waals surface area contributed by atoms with Crippen LogP contribution in [-0.4, -0.2) is 15.0 Å². The maximum atomic E-state index is 12.0. The van der Waals surface area contributed by atoms with E-state index in [1.165, 1.54) is 12.8 Å². The van der Waals surface area contributed by atoms with E-state index in [1.54, 1.807) is 24.3 Å². The Kier molecular flexibility index (Phi) is 4.52. The molecule has 3 nitrogen and oxygen atoms in total. The molecule has 3 rings (SSSR count). The topological polar surface area (TPSA) is 43.4 Å². The highest BCUT2D eigenvalue weighted by molar-refractivity contribution is 9.10. The molecule has 0 heterocycles. The molecule has 21 heavy (non-hydrogen) atoms. The Labute approximate surface area is 134 Å². The molecule has 2 aliphatic carbocycles. The quantitative estimate of drug-likeness (QED) is 0.429. The lowest BCUT2D eigenvalue weighted by Crippen LogP contribution is -2.11. The molecule has 0 spiro atoms. The molecule has 5 heteroatoms. The van der Waals surface area contributed by atoms with Gasteiger partial charge in [-0.1, -0.05) is 28.1 Å². The normalized spacial score (nSPS) is 27.4. The highest BCUT2D eigenvalue weighted by Gasteiger charge is 2.34. The molecule has 1 saturated carbocycles. The van der Waals surface area contributed by atoms with Crippen molar-refractivity contribution in [2.75, 3.05) is 6.61 Å². The minimum atomic E-state index is -3.62. The minimum absolute atomic E-state index is 0.216. The predicted molar refractivity (Wildman–Crippen MR) is 85.4 cm³/mol. The lowest BCUT2D eigenvalue weighted by molar-refractivity contribution is 0.286. The van der Waals surface area contributed by atoms with E-state index in [0.717, 1.165) is 35.1 Å². The number of hydrogen-bond donors (Lipinski definition) is 0. The molecule has 114 valence electrons. The lowest BCUT2D eigenvalue weighted by atomic mass is 9.90. The molecule has 1 aromatic rings. The summed E-state index contributed by atoms with van der Waals surface area (Å²) >= 11 is 3.29. The monoisotopic (exact) mass is 370 g/mol. The third-order valence-corrected chi connectivity index (χ3v) is 6.33. The molecular formula is C16H19BrO3S. The van der Waals surface area contributed by atoms with Crippen LogP contribution < -0.4 is 0 Å². The molecule has 1 aromatic carbocycles. The number of rotatable bonds is 6. The van der Waals surface area contributed by atoms with E-state index >= 15 is 0 Å². The van der Waals surface area contributed by atoms with Crippen LogP contribution in [-0.2, 0) is 14.3 Å². The van der Waals surface area contributed by atoms with Gasteiger partial charge in [-0.25, -0.2) is 0 Å². The fourth-order valence-corrected chi connectivity index (χ4v) is 4.62. The van der Waals surface area contributed by atoms with Crippen molar-refractivity contribution in [1.82, 2.24) is 0 Å². The van der Waals surface area contributed by atoms with Crippen LogP contribution in [0.4, 0.5) is 0 Å². The molecule has 0 radical (unpaired) electrons. The van der Waals surface area contributed by atoms with Crippen LogP contribution in [0.3, 0.4) is 0 Å². The average Bonchev–Trinajstić information content (AvgIpc) is 3.06. The second kappa shape index (κ2) is 6.23. The Hall–Kier alpha value is -0.650. The van der Waals surface area contributed by atoms with Gasteiger partial charge in [0.15, 0.2) is 0 Å². The van der Waals surface area contributed by atoms with E-state index in [2.05, 4.69) is 28.1 Å². The van der Waals surface area contributed by atoms with Crippen molar-refractivity contribution in [1.29, 1.82) is 0 Å². The van der Waals surface area contributed by atoms with Crippen LogP contribution in [0, 0.1) is 17.8 Å². The van der Waals surface area contributed by atoms with E-state index in [9.17, 15) is 8.42 Å². The van der Waals surface area contributed by atoms with Gasteiger partial charge in [0.1, 0.15) is 0 Å². The Bertz CT molecular complexity index is 621. The largest absolute Gasteiger partial charge is 0.296 e. The zero-order chi connectivity index (χ0) is 14.9. The van der Waals surface area contributed by atoms with Crippen molar-refractivity contribution in [3.05, 3.63) is 40.9 Å². The highest BCUT2D eigenvalue weighted by Crippen LogP contribution is 2.45. The summed E-state index contributed by atoms with van der Waals surface area (Å²) in [5.41, 5.74) is 0. The molecule has 2 aliphatic rings. The summed E-state index contributed by atoms with van der Waals surface area (Å²) in [6.07, 6.45) is 9.08. The first-order valence-corrected chi connectivity index (χ1v) is 9.58. The van der Waals surface area contributed by atoms with E-state index < -0.39 is 10.1 Å². The van der Waals surface area contributed by atoms with Crippen LogP contribution in [0.2, 0.25) is 0 Å². The van der Waals surface area contributed by atoms with Gasteiger partial charge in [0.05, 0.1) is 11.5 Å². The van der Waals surface area contributed by atoms with Gasteiger partial charge in [0.25, 0.3) is 10.1 Å². The first-order chi connectivity index (χ1) is 10.0. The number of fused-ring (bicyclic) bond motifs is 2. The predicted octanol–water partition coefficient (Wildman–Crippen LogP) is 4.15. The van der Waals surface area contributed by atoms with Gasteiger partial charge in [0.2, 0.25) is 0 Å². The first kappa shape index (κ1) is 15.3. The fraction of sp³-hybridized carbons (Fsp3) is 0.500. The molecule has 3 unspecified atom stereocenters. The van der Waals surface area contributed by atoms with E-state index in [0.29, 0.717) is 0 Å². The van der Waals surface area contributed by atoms with Crippen LogP contribution in [0.1, 0.15) is 25.7 Å². The minimum Gasteiger partial charge on any atom is -0.266 e. The molecule has 2 bridgehead atoms. The van der Waals surface area contributed by atoms with Crippen LogP contribution >= 0.6 is 15.9 Å². The number of allylic oxidation sites excluding steroid dienone is 2. The van der Waals surface area contributed by atoms with Crippen molar-refractivity contribution in [3.63, 3.8) is 0 Å². The zero-order valence-corrected chi connectivity index (χ0v) is 14.1. The first-order valence-electron chi connectivity index (χ1n) is 7.38. The SMILES string of the molecule is O=S(=O)(OCCCC1CC2C=CC1C2)c1ccc(Br)cc1. The molecule has 0 saturated heterocycles. The maximum absolute atomic E-state index is 12.0. The summed E-state index contributed by atoms with van der Waals surface area (Å²) in [5, 5.41) is 0. The Balaban J connectivity index is 1.46. The standard InChI is InChI=1S/C16H19BrO3S/c17-15-5-7-16(8-6-15)21(18,19)20-9-1-2-13-10-12-3-4-14(13)11-12/h3-8,12-14H,1-2,9-11H2. The maximum Gasteiger partial charge on any atom is 0.296 e. The zero-order valence-electron chi connectivity index (χ0n) is 11.7. The fourth-order valence-electron chi connectivity index (χ4n) is 3.41. The van der Waals surface area contributed by atoms with Crippen molar-refractivity contribution in [3.8, 4) is 0 Å². The second-order valence-electron chi connectivity index (χ2n) is 5.91. The van der Waals surface area contributed by atoms with Crippen LogP contribution in [0.25, 0.3) is 0 Å². The number of hydrogen-bond acceptors (Lipinski definition) is 3.